The highest BCUT2D eigenvalue weighted by atomic mass is 16.7. The zero-order valence-corrected chi connectivity index (χ0v) is 10.8. The largest absolute Gasteiger partial charge is 0.457 e. The van der Waals surface area contributed by atoms with E-state index in [0.717, 1.165) is 5.56 Å². The average Bonchev–Trinajstić information content (AvgIpc) is 2.22. The lowest BCUT2D eigenvalue weighted by molar-refractivity contribution is -0.160. The lowest BCUT2D eigenvalue weighted by Crippen LogP contribution is -2.26. The minimum atomic E-state index is -0.516. The molecule has 1 aromatic carbocycles. The second-order valence-electron chi connectivity index (χ2n) is 4.76. The number of nitrogens with two attached hydrogens (primary N) is 1. The molecule has 0 bridgehead atoms. The van der Waals surface area contributed by atoms with Crippen molar-refractivity contribution in [3.8, 4) is 0 Å². The number of anilines is 1. The quantitative estimate of drug-likeness (QED) is 0.383. The number of nitrogen functional groups attached to an aromatic ring is 1. The first-order chi connectivity index (χ1) is 8.37. The van der Waals surface area contributed by atoms with Crippen LogP contribution in [0, 0.1) is 0 Å². The summed E-state index contributed by atoms with van der Waals surface area (Å²) in [5, 5.41) is 3.67. The van der Waals surface area contributed by atoms with Crippen LogP contribution in [0.2, 0.25) is 0 Å². The summed E-state index contributed by atoms with van der Waals surface area (Å²) in [6.07, 6.45) is 1.49. The van der Waals surface area contributed by atoms with Crippen molar-refractivity contribution in [2.75, 3.05) is 12.3 Å². The van der Waals surface area contributed by atoms with Crippen molar-refractivity contribution in [2.24, 2.45) is 5.16 Å². The van der Waals surface area contributed by atoms with Gasteiger partial charge >= 0.3 is 5.97 Å². The summed E-state index contributed by atoms with van der Waals surface area (Å²) in [6.45, 7) is 5.17. The average molecular weight is 250 g/mol. The molecule has 0 aliphatic heterocycles. The molecule has 0 aromatic heterocycles. The van der Waals surface area contributed by atoms with Gasteiger partial charge in [-0.1, -0.05) is 17.3 Å². The van der Waals surface area contributed by atoms with Crippen LogP contribution in [-0.2, 0) is 14.4 Å². The van der Waals surface area contributed by atoms with Crippen LogP contribution in [0.5, 0.6) is 0 Å². The molecule has 0 saturated carbocycles. The van der Waals surface area contributed by atoms with Gasteiger partial charge in [0.15, 0.2) is 0 Å². The van der Waals surface area contributed by atoms with Crippen LogP contribution in [0.3, 0.4) is 0 Å². The van der Waals surface area contributed by atoms with E-state index in [1.807, 2.05) is 12.1 Å². The molecule has 98 valence electrons. The predicted octanol–water partition coefficient (Wildman–Crippen LogP) is 1.96. The Balaban J connectivity index is 2.36. The fraction of sp³-hybridized carbons (Fsp3) is 0.385. The van der Waals surface area contributed by atoms with E-state index < -0.39 is 11.6 Å². The first-order valence-corrected chi connectivity index (χ1v) is 5.59. The summed E-state index contributed by atoms with van der Waals surface area (Å²) in [5.74, 6) is -0.452. The maximum absolute atomic E-state index is 11.3. The van der Waals surface area contributed by atoms with Crippen molar-refractivity contribution in [1.29, 1.82) is 0 Å². The first-order valence-electron chi connectivity index (χ1n) is 5.59. The van der Waals surface area contributed by atoms with E-state index in [-0.39, 0.29) is 6.61 Å². The normalized spacial score (nSPS) is 11.5. The summed E-state index contributed by atoms with van der Waals surface area (Å²) >= 11 is 0. The van der Waals surface area contributed by atoms with Gasteiger partial charge in [-0.3, -0.25) is 0 Å². The zero-order chi connectivity index (χ0) is 13.6. The molecule has 0 radical (unpaired) electrons. The van der Waals surface area contributed by atoms with Crippen molar-refractivity contribution in [1.82, 2.24) is 0 Å². The van der Waals surface area contributed by atoms with Crippen LogP contribution in [0.25, 0.3) is 0 Å². The number of oxime groups is 1. The Hall–Kier alpha value is -2.04. The van der Waals surface area contributed by atoms with Gasteiger partial charge < -0.3 is 15.3 Å². The first kappa shape index (κ1) is 14.0. The smallest absolute Gasteiger partial charge is 0.347 e. The van der Waals surface area contributed by atoms with Gasteiger partial charge in [0.05, 0.1) is 6.21 Å². The number of hydrogen-bond donors (Lipinski definition) is 1. The maximum Gasteiger partial charge on any atom is 0.347 e. The number of ether oxygens (including phenoxy) is 1. The molecule has 0 amide bonds. The summed E-state index contributed by atoms with van der Waals surface area (Å²) in [4.78, 5) is 16.1. The number of esters is 1. The van der Waals surface area contributed by atoms with E-state index >= 15 is 0 Å². The minimum Gasteiger partial charge on any atom is -0.457 e. The third-order valence-corrected chi connectivity index (χ3v) is 1.79. The van der Waals surface area contributed by atoms with Crippen LogP contribution < -0.4 is 5.73 Å². The van der Waals surface area contributed by atoms with Gasteiger partial charge in [0.25, 0.3) is 0 Å². The molecule has 1 aromatic rings. The highest BCUT2D eigenvalue weighted by Crippen LogP contribution is 2.07. The molecule has 2 N–H and O–H groups in total. The zero-order valence-electron chi connectivity index (χ0n) is 10.8. The fourth-order valence-electron chi connectivity index (χ4n) is 1.20. The Morgan fingerprint density at radius 1 is 1.44 bits per heavy atom. The SMILES string of the molecule is CC(C)(C)OC(=O)CON=Cc1cccc(N)c1. The Kier molecular flexibility index (Phi) is 4.71. The number of hydrogen-bond acceptors (Lipinski definition) is 5. The molecule has 18 heavy (non-hydrogen) atoms. The highest BCUT2D eigenvalue weighted by Gasteiger charge is 2.16. The molecule has 0 saturated heterocycles. The van der Waals surface area contributed by atoms with Crippen LogP contribution in [0.15, 0.2) is 29.4 Å². The van der Waals surface area contributed by atoms with E-state index in [1.165, 1.54) is 6.21 Å². The van der Waals surface area contributed by atoms with E-state index in [2.05, 4.69) is 5.16 Å². The van der Waals surface area contributed by atoms with Crippen LogP contribution in [-0.4, -0.2) is 24.4 Å². The van der Waals surface area contributed by atoms with Crippen molar-refractivity contribution < 1.29 is 14.4 Å². The number of carbonyl (C=O) groups excluding carboxylic acids is 1. The summed E-state index contributed by atoms with van der Waals surface area (Å²) in [7, 11) is 0. The Labute approximate surface area is 107 Å². The number of benzene rings is 1. The third-order valence-electron chi connectivity index (χ3n) is 1.79. The maximum atomic E-state index is 11.3. The molecule has 0 aliphatic carbocycles. The third kappa shape index (κ3) is 5.89. The van der Waals surface area contributed by atoms with Crippen molar-refractivity contribution in [3.63, 3.8) is 0 Å². The second kappa shape index (κ2) is 6.05. The van der Waals surface area contributed by atoms with Crippen LogP contribution >= 0.6 is 0 Å². The second-order valence-corrected chi connectivity index (χ2v) is 4.76. The summed E-state index contributed by atoms with van der Waals surface area (Å²) in [6, 6.07) is 7.17. The van der Waals surface area contributed by atoms with E-state index in [4.69, 9.17) is 15.3 Å². The monoisotopic (exact) mass is 250 g/mol. The molecule has 5 nitrogen and oxygen atoms in total. The van der Waals surface area contributed by atoms with Gasteiger partial charge in [0.1, 0.15) is 5.60 Å². The molecule has 0 spiro atoms. The minimum absolute atomic E-state index is 0.212. The van der Waals surface area contributed by atoms with Gasteiger partial charge in [0.2, 0.25) is 6.61 Å². The number of carbonyl (C=O) groups is 1. The van der Waals surface area contributed by atoms with Crippen molar-refractivity contribution in [3.05, 3.63) is 29.8 Å². The molecule has 0 unspecified atom stereocenters. The highest BCUT2D eigenvalue weighted by molar-refractivity contribution is 5.80. The summed E-state index contributed by atoms with van der Waals surface area (Å²) < 4.78 is 5.05. The predicted molar refractivity (Wildman–Crippen MR) is 70.2 cm³/mol. The molecular weight excluding hydrogens is 232 g/mol. The molecule has 0 atom stereocenters. The van der Waals surface area contributed by atoms with Gasteiger partial charge in [-0.05, 0) is 38.5 Å². The molecule has 0 heterocycles. The fourth-order valence-corrected chi connectivity index (χ4v) is 1.20. The van der Waals surface area contributed by atoms with Gasteiger partial charge in [-0.2, -0.15) is 0 Å². The number of nitrogens with zero attached hydrogens (tertiary/aromatic N) is 1. The van der Waals surface area contributed by atoms with Gasteiger partial charge in [-0.25, -0.2) is 4.79 Å². The van der Waals surface area contributed by atoms with Crippen molar-refractivity contribution in [2.45, 2.75) is 26.4 Å². The molecule has 0 aliphatic rings. The number of rotatable bonds is 4. The molecule has 1 rings (SSSR count). The van der Waals surface area contributed by atoms with E-state index in [0.29, 0.717) is 5.69 Å². The van der Waals surface area contributed by atoms with Gasteiger partial charge in [0, 0.05) is 5.69 Å². The molecule has 0 fully saturated rings. The Morgan fingerprint density at radius 2 is 2.17 bits per heavy atom. The van der Waals surface area contributed by atoms with Crippen LogP contribution in [0.1, 0.15) is 26.3 Å². The Bertz CT molecular complexity index is 436. The molecular formula is C13H18N2O3. The summed E-state index contributed by atoms with van der Waals surface area (Å²) in [5.41, 5.74) is 6.54. The molecule has 5 heteroatoms. The van der Waals surface area contributed by atoms with Gasteiger partial charge in [-0.15, -0.1) is 0 Å². The topological polar surface area (TPSA) is 73.9 Å². The van der Waals surface area contributed by atoms with Crippen LogP contribution in [0.4, 0.5) is 5.69 Å². The van der Waals surface area contributed by atoms with E-state index in [1.54, 1.807) is 32.9 Å². The lowest BCUT2D eigenvalue weighted by atomic mass is 10.2. The van der Waals surface area contributed by atoms with E-state index in [9.17, 15) is 4.79 Å². The van der Waals surface area contributed by atoms with Crippen molar-refractivity contribution >= 4 is 17.9 Å². The lowest BCUT2D eigenvalue weighted by Gasteiger charge is -2.18. The Morgan fingerprint density at radius 3 is 2.78 bits per heavy atom. The standard InChI is InChI=1S/C13H18N2O3/c1-13(2,3)18-12(16)9-17-15-8-10-5-4-6-11(14)7-10/h4-8H,9,14H2,1-3H3.